The van der Waals surface area contributed by atoms with Gasteiger partial charge in [-0.05, 0) is 58.7 Å². The van der Waals surface area contributed by atoms with E-state index in [4.69, 9.17) is 4.74 Å². The van der Waals surface area contributed by atoms with Crippen molar-refractivity contribution in [2.24, 2.45) is 0 Å². The van der Waals surface area contributed by atoms with Crippen LogP contribution in [-0.4, -0.2) is 10.2 Å². The molecule has 6 rings (SSSR count). The number of hydrogen-bond acceptors (Lipinski definition) is 3. The van der Waals surface area contributed by atoms with Gasteiger partial charge >= 0.3 is 0 Å². The number of ether oxygens (including phenoxy) is 1. The summed E-state index contributed by atoms with van der Waals surface area (Å²) in [4.78, 5) is 0. The number of hydrogen-bond donors (Lipinski definition) is 2. The van der Waals surface area contributed by atoms with Crippen molar-refractivity contribution in [2.75, 3.05) is 0 Å². The van der Waals surface area contributed by atoms with E-state index in [-0.39, 0.29) is 11.5 Å². The molecule has 2 N–H and O–H groups in total. The van der Waals surface area contributed by atoms with E-state index in [1.54, 1.807) is 24.3 Å². The minimum atomic E-state index is -0.636. The van der Waals surface area contributed by atoms with Crippen LogP contribution in [0.1, 0.15) is 77.6 Å². The van der Waals surface area contributed by atoms with Crippen LogP contribution in [0.3, 0.4) is 0 Å². The van der Waals surface area contributed by atoms with Crippen LogP contribution in [0.2, 0.25) is 0 Å². The maximum absolute atomic E-state index is 10.2. The molecule has 1 aliphatic carbocycles. The number of phenols is 2. The monoisotopic (exact) mass is 640 g/mol. The first-order valence-corrected chi connectivity index (χ1v) is 15.0. The molecule has 0 aromatic heterocycles. The van der Waals surface area contributed by atoms with Gasteiger partial charge in [-0.25, -0.2) is 0 Å². The molecule has 3 nitrogen and oxygen atoms in total. The molecular formula is C33H38Br2O3. The maximum Gasteiger partial charge on any atom is 0.135 e. The molecule has 0 saturated carbocycles. The lowest BCUT2D eigenvalue weighted by molar-refractivity contribution is 0.417. The zero-order valence-electron chi connectivity index (χ0n) is 23.5. The first-order chi connectivity index (χ1) is 18.5. The molecule has 38 heavy (non-hydrogen) atoms. The van der Waals surface area contributed by atoms with Gasteiger partial charge < -0.3 is 14.9 Å². The molecule has 0 bridgehead atoms. The molecule has 0 radical (unpaired) electrons. The largest absolute Gasteiger partial charge is 0.508 e. The lowest BCUT2D eigenvalue weighted by Gasteiger charge is -2.39. The van der Waals surface area contributed by atoms with Crippen LogP contribution >= 0.6 is 31.9 Å². The number of rotatable bonds is 0. The topological polar surface area (TPSA) is 49.7 Å². The Labute approximate surface area is 244 Å². The highest BCUT2D eigenvalue weighted by atomic mass is 79.9. The minimum absolute atomic E-state index is 0.134. The van der Waals surface area contributed by atoms with Gasteiger partial charge in [0.05, 0.1) is 5.41 Å². The van der Waals surface area contributed by atoms with E-state index < -0.39 is 5.41 Å². The van der Waals surface area contributed by atoms with E-state index in [0.717, 1.165) is 42.3 Å². The predicted octanol–water partition coefficient (Wildman–Crippen LogP) is 11.2. The molecule has 202 valence electrons. The summed E-state index contributed by atoms with van der Waals surface area (Å²) in [7, 11) is 0. The molecule has 1 aliphatic heterocycles. The van der Waals surface area contributed by atoms with Gasteiger partial charge in [-0.2, -0.15) is 0 Å². The molecule has 4 aromatic carbocycles. The molecule has 2 aliphatic rings. The normalized spacial score (nSPS) is 12.1. The summed E-state index contributed by atoms with van der Waals surface area (Å²) in [6.45, 7) is 16.0. The smallest absolute Gasteiger partial charge is 0.135 e. The molecule has 4 aromatic rings. The van der Waals surface area contributed by atoms with Crippen LogP contribution in [0, 0.1) is 0 Å². The van der Waals surface area contributed by atoms with Crippen LogP contribution in [0.15, 0.2) is 81.7 Å². The third-order valence-corrected chi connectivity index (χ3v) is 7.01. The summed E-state index contributed by atoms with van der Waals surface area (Å²) < 4.78 is 8.14. The van der Waals surface area contributed by atoms with E-state index in [9.17, 15) is 10.2 Å². The van der Waals surface area contributed by atoms with E-state index >= 15 is 0 Å². The SMILES string of the molecule is CC.CC.CC.CC.Oc1ccc2c(c1)Oc1cc(O)ccc1C21c2cc(Br)ccc2-c2ccc(Br)cc21. The van der Waals surface area contributed by atoms with Crippen molar-refractivity contribution in [1.82, 2.24) is 0 Å². The maximum atomic E-state index is 10.2. The summed E-state index contributed by atoms with van der Waals surface area (Å²) in [6.07, 6.45) is 0. The Hall–Kier alpha value is -2.76. The van der Waals surface area contributed by atoms with E-state index in [1.165, 1.54) is 0 Å². The molecule has 0 saturated heterocycles. The fourth-order valence-electron chi connectivity index (χ4n) is 4.92. The van der Waals surface area contributed by atoms with Crippen molar-refractivity contribution in [2.45, 2.75) is 60.8 Å². The molecular weight excluding hydrogens is 604 g/mol. The highest BCUT2D eigenvalue weighted by Crippen LogP contribution is 2.63. The number of benzene rings is 4. The molecule has 1 spiro atoms. The van der Waals surface area contributed by atoms with Crippen LogP contribution in [0.5, 0.6) is 23.0 Å². The Morgan fingerprint density at radius 1 is 0.500 bits per heavy atom. The molecule has 0 atom stereocenters. The quantitative estimate of drug-likeness (QED) is 0.173. The van der Waals surface area contributed by atoms with Gasteiger partial charge in [-0.15, -0.1) is 0 Å². The Kier molecular flexibility index (Phi) is 11.5. The first kappa shape index (κ1) is 31.5. The fraction of sp³-hybridized carbons (Fsp3) is 0.273. The Morgan fingerprint density at radius 3 is 1.24 bits per heavy atom. The van der Waals surface area contributed by atoms with E-state index in [1.807, 2.05) is 67.5 Å². The van der Waals surface area contributed by atoms with Gasteiger partial charge in [0, 0.05) is 32.2 Å². The molecule has 0 amide bonds. The summed E-state index contributed by atoms with van der Waals surface area (Å²) in [5.41, 5.74) is 5.84. The van der Waals surface area contributed by atoms with Crippen LogP contribution in [0.25, 0.3) is 11.1 Å². The van der Waals surface area contributed by atoms with Gasteiger partial charge in [0.1, 0.15) is 23.0 Å². The van der Waals surface area contributed by atoms with Gasteiger partial charge in [0.2, 0.25) is 0 Å². The lowest BCUT2D eigenvalue weighted by atomic mass is 9.66. The predicted molar refractivity (Wildman–Crippen MR) is 168 cm³/mol. The summed E-state index contributed by atoms with van der Waals surface area (Å²) in [5.74, 6) is 1.42. The summed E-state index contributed by atoms with van der Waals surface area (Å²) >= 11 is 7.31. The second-order valence-corrected chi connectivity index (χ2v) is 9.42. The number of phenolic OH excluding ortho intramolecular Hbond substituents is 2. The highest BCUT2D eigenvalue weighted by molar-refractivity contribution is 9.10. The van der Waals surface area contributed by atoms with Crippen molar-refractivity contribution in [1.29, 1.82) is 0 Å². The number of fused-ring (bicyclic) bond motifs is 9. The van der Waals surface area contributed by atoms with E-state index in [0.29, 0.717) is 11.5 Å². The van der Waals surface area contributed by atoms with Crippen LogP contribution in [-0.2, 0) is 5.41 Å². The van der Waals surface area contributed by atoms with Crippen molar-refractivity contribution in [3.05, 3.63) is 104 Å². The second kappa shape index (κ2) is 13.9. The van der Waals surface area contributed by atoms with Crippen molar-refractivity contribution < 1.29 is 14.9 Å². The molecule has 5 heteroatoms. The van der Waals surface area contributed by atoms with Crippen molar-refractivity contribution in [3.63, 3.8) is 0 Å². The average Bonchev–Trinajstić information content (AvgIpc) is 3.22. The summed E-state index contributed by atoms with van der Waals surface area (Å²) in [6, 6.07) is 23.2. The number of halogens is 2. The molecule has 0 unspecified atom stereocenters. The van der Waals surface area contributed by atoms with E-state index in [2.05, 4.69) is 68.3 Å². The minimum Gasteiger partial charge on any atom is -0.508 e. The Balaban J connectivity index is 0.000000583. The standard InChI is InChI=1S/C25H14Br2O3.4C2H6/c26-13-1-5-17-18-6-2-14(27)10-22(18)25(21(17)9-13)19-7-3-15(28)11-23(19)30-24-12-16(29)4-8-20(24)25;4*1-2/h1-12,28-29H;4*1-2H3. The van der Waals surface area contributed by atoms with Crippen molar-refractivity contribution in [3.8, 4) is 34.1 Å². The average molecular weight is 642 g/mol. The molecule has 0 fully saturated rings. The summed E-state index contributed by atoms with van der Waals surface area (Å²) in [5, 5.41) is 20.3. The third kappa shape index (κ3) is 5.23. The lowest BCUT2D eigenvalue weighted by Crippen LogP contribution is -2.32. The second-order valence-electron chi connectivity index (χ2n) is 7.59. The van der Waals surface area contributed by atoms with Gasteiger partial charge in [0.15, 0.2) is 0 Å². The van der Waals surface area contributed by atoms with Crippen LogP contribution in [0.4, 0.5) is 0 Å². The highest BCUT2D eigenvalue weighted by Gasteiger charge is 2.51. The van der Waals surface area contributed by atoms with Crippen LogP contribution < -0.4 is 4.74 Å². The first-order valence-electron chi connectivity index (χ1n) is 13.4. The number of aromatic hydroxyl groups is 2. The Morgan fingerprint density at radius 2 is 0.868 bits per heavy atom. The fourth-order valence-corrected chi connectivity index (χ4v) is 5.64. The Bertz CT molecular complexity index is 1270. The zero-order chi connectivity index (χ0) is 28.6. The van der Waals surface area contributed by atoms with Gasteiger partial charge in [-0.1, -0.05) is 112 Å². The zero-order valence-corrected chi connectivity index (χ0v) is 26.7. The third-order valence-electron chi connectivity index (χ3n) is 6.02. The molecule has 1 heterocycles. The van der Waals surface area contributed by atoms with Crippen molar-refractivity contribution >= 4 is 31.9 Å². The van der Waals surface area contributed by atoms with Gasteiger partial charge in [0.25, 0.3) is 0 Å². The van der Waals surface area contributed by atoms with Gasteiger partial charge in [-0.3, -0.25) is 0 Å².